The Bertz CT molecular complexity index is 512. The molecule has 1 aliphatic rings. The molecule has 0 radical (unpaired) electrons. The Morgan fingerprint density at radius 1 is 1.45 bits per heavy atom. The van der Waals surface area contributed by atoms with E-state index in [-0.39, 0.29) is 41.4 Å². The molecule has 0 spiro atoms. The van der Waals surface area contributed by atoms with Gasteiger partial charge in [0.15, 0.2) is 0 Å². The monoisotopic (exact) mass is 298 g/mol. The minimum Gasteiger partial charge on any atom is -0.347 e. The van der Waals surface area contributed by atoms with E-state index >= 15 is 0 Å². The van der Waals surface area contributed by atoms with Crippen LogP contribution in [0.4, 0.5) is 4.39 Å². The summed E-state index contributed by atoms with van der Waals surface area (Å²) in [7, 11) is 1.55. The lowest BCUT2D eigenvalue weighted by molar-refractivity contribution is -0.132. The van der Waals surface area contributed by atoms with Crippen LogP contribution in [0.2, 0.25) is 5.02 Å². The second-order valence-electron chi connectivity index (χ2n) is 4.94. The van der Waals surface area contributed by atoms with Crippen LogP contribution in [-0.2, 0) is 16.1 Å². The van der Waals surface area contributed by atoms with E-state index in [0.29, 0.717) is 0 Å². The van der Waals surface area contributed by atoms with E-state index in [2.05, 4.69) is 5.32 Å². The number of nitrogens with one attached hydrogen (secondary N) is 1. The average molecular weight is 299 g/mol. The molecule has 0 aromatic heterocycles. The molecule has 0 atom stereocenters. The molecular formula is C14H16ClFN2O2. The van der Waals surface area contributed by atoms with Gasteiger partial charge in [-0.3, -0.25) is 9.59 Å². The van der Waals surface area contributed by atoms with E-state index < -0.39 is 5.82 Å². The summed E-state index contributed by atoms with van der Waals surface area (Å²) in [6.07, 6.45) is 1.78. The molecule has 1 saturated carbocycles. The fourth-order valence-electron chi connectivity index (χ4n) is 1.80. The van der Waals surface area contributed by atoms with Crippen molar-refractivity contribution in [1.29, 1.82) is 0 Å². The van der Waals surface area contributed by atoms with Crippen LogP contribution in [0.5, 0.6) is 0 Å². The normalized spacial score (nSPS) is 13.9. The zero-order valence-electron chi connectivity index (χ0n) is 11.2. The number of halogens is 2. The van der Waals surface area contributed by atoms with Gasteiger partial charge in [0.1, 0.15) is 5.82 Å². The van der Waals surface area contributed by atoms with Crippen LogP contribution in [0.1, 0.15) is 18.4 Å². The Balaban J connectivity index is 1.88. The molecule has 4 nitrogen and oxygen atoms in total. The first-order chi connectivity index (χ1) is 9.49. The van der Waals surface area contributed by atoms with E-state index in [1.165, 1.54) is 17.0 Å². The number of likely N-dealkylation sites (N-methyl/N-ethyl adjacent to an activating group) is 1. The fraction of sp³-hybridized carbons (Fsp3) is 0.429. The topological polar surface area (TPSA) is 49.4 Å². The van der Waals surface area contributed by atoms with Crippen LogP contribution in [0.15, 0.2) is 18.2 Å². The molecule has 1 aromatic rings. The molecule has 1 N–H and O–H groups in total. The predicted octanol–water partition coefficient (Wildman–Crippen LogP) is 1.96. The van der Waals surface area contributed by atoms with Gasteiger partial charge in [-0.2, -0.15) is 0 Å². The molecule has 0 heterocycles. The molecule has 1 aliphatic carbocycles. The SMILES string of the molecule is CN(Cc1c(F)cccc1Cl)C(=O)CNC(=O)C1CC1. The number of carbonyl (C=O) groups excluding carboxylic acids is 2. The highest BCUT2D eigenvalue weighted by molar-refractivity contribution is 6.31. The van der Waals surface area contributed by atoms with Crippen LogP contribution in [0, 0.1) is 11.7 Å². The summed E-state index contributed by atoms with van der Waals surface area (Å²) in [4.78, 5) is 24.6. The molecule has 2 rings (SSSR count). The summed E-state index contributed by atoms with van der Waals surface area (Å²) in [5.41, 5.74) is 0.276. The van der Waals surface area contributed by atoms with Crippen molar-refractivity contribution in [3.63, 3.8) is 0 Å². The minimum absolute atomic E-state index is 0.0640. The van der Waals surface area contributed by atoms with Crippen molar-refractivity contribution in [2.75, 3.05) is 13.6 Å². The van der Waals surface area contributed by atoms with Gasteiger partial charge in [-0.05, 0) is 25.0 Å². The van der Waals surface area contributed by atoms with Crippen molar-refractivity contribution < 1.29 is 14.0 Å². The molecule has 6 heteroatoms. The van der Waals surface area contributed by atoms with Crippen LogP contribution in [-0.4, -0.2) is 30.3 Å². The standard InChI is InChI=1S/C14H16ClFN2O2/c1-18(8-10-11(15)3-2-4-12(10)16)13(19)7-17-14(20)9-5-6-9/h2-4,9H,5-8H2,1H3,(H,17,20). The van der Waals surface area contributed by atoms with Gasteiger partial charge in [-0.15, -0.1) is 0 Å². The molecular weight excluding hydrogens is 283 g/mol. The van der Waals surface area contributed by atoms with E-state index in [9.17, 15) is 14.0 Å². The Morgan fingerprint density at radius 3 is 2.75 bits per heavy atom. The van der Waals surface area contributed by atoms with Crippen molar-refractivity contribution in [3.05, 3.63) is 34.6 Å². The Morgan fingerprint density at radius 2 is 2.15 bits per heavy atom. The van der Waals surface area contributed by atoms with Crippen molar-refractivity contribution in [2.24, 2.45) is 5.92 Å². The van der Waals surface area contributed by atoms with Crippen LogP contribution < -0.4 is 5.32 Å². The molecule has 1 aromatic carbocycles. The van der Waals surface area contributed by atoms with Gasteiger partial charge in [0.05, 0.1) is 6.54 Å². The third kappa shape index (κ3) is 3.70. The molecule has 0 aliphatic heterocycles. The first-order valence-corrected chi connectivity index (χ1v) is 6.81. The van der Waals surface area contributed by atoms with Gasteiger partial charge in [-0.1, -0.05) is 17.7 Å². The van der Waals surface area contributed by atoms with Gasteiger partial charge in [0.2, 0.25) is 11.8 Å². The summed E-state index contributed by atoms with van der Waals surface area (Å²) in [5.74, 6) is -0.748. The van der Waals surface area contributed by atoms with E-state index in [4.69, 9.17) is 11.6 Å². The molecule has 1 fully saturated rings. The molecule has 0 unspecified atom stereocenters. The Kier molecular flexibility index (Phi) is 4.60. The molecule has 108 valence electrons. The lowest BCUT2D eigenvalue weighted by atomic mass is 10.2. The first-order valence-electron chi connectivity index (χ1n) is 6.43. The highest BCUT2D eigenvalue weighted by atomic mass is 35.5. The maximum Gasteiger partial charge on any atom is 0.242 e. The zero-order valence-corrected chi connectivity index (χ0v) is 11.9. The highest BCUT2D eigenvalue weighted by Gasteiger charge is 2.29. The van der Waals surface area contributed by atoms with E-state index in [1.807, 2.05) is 0 Å². The number of hydrogen-bond acceptors (Lipinski definition) is 2. The summed E-state index contributed by atoms with van der Waals surface area (Å²) < 4.78 is 13.6. The third-order valence-corrected chi connectivity index (χ3v) is 3.60. The number of benzene rings is 1. The summed E-state index contributed by atoms with van der Waals surface area (Å²) in [6.45, 7) is 0.00153. The largest absolute Gasteiger partial charge is 0.347 e. The number of hydrogen-bond donors (Lipinski definition) is 1. The summed E-state index contributed by atoms with van der Waals surface area (Å²) in [5, 5.41) is 2.87. The van der Waals surface area contributed by atoms with Crippen molar-refractivity contribution in [1.82, 2.24) is 10.2 Å². The number of amides is 2. The second-order valence-corrected chi connectivity index (χ2v) is 5.35. The van der Waals surface area contributed by atoms with Crippen molar-refractivity contribution >= 4 is 23.4 Å². The van der Waals surface area contributed by atoms with E-state index in [1.54, 1.807) is 13.1 Å². The van der Waals surface area contributed by atoms with Gasteiger partial charge < -0.3 is 10.2 Å². The van der Waals surface area contributed by atoms with Crippen LogP contribution >= 0.6 is 11.6 Å². The minimum atomic E-state index is -0.445. The van der Waals surface area contributed by atoms with Gasteiger partial charge >= 0.3 is 0 Å². The lowest BCUT2D eigenvalue weighted by Crippen LogP contribution is -2.38. The highest BCUT2D eigenvalue weighted by Crippen LogP contribution is 2.28. The zero-order chi connectivity index (χ0) is 14.7. The average Bonchev–Trinajstić information content (AvgIpc) is 3.24. The quantitative estimate of drug-likeness (QED) is 0.903. The molecule has 2 amide bonds. The van der Waals surface area contributed by atoms with Crippen LogP contribution in [0.25, 0.3) is 0 Å². The lowest BCUT2D eigenvalue weighted by Gasteiger charge is -2.18. The first kappa shape index (κ1) is 14.8. The Hall–Kier alpha value is -1.62. The number of carbonyl (C=O) groups is 2. The molecule has 0 bridgehead atoms. The van der Waals surface area contributed by atoms with Crippen molar-refractivity contribution in [3.8, 4) is 0 Å². The smallest absolute Gasteiger partial charge is 0.242 e. The predicted molar refractivity (Wildman–Crippen MR) is 73.6 cm³/mol. The molecule has 20 heavy (non-hydrogen) atoms. The second kappa shape index (κ2) is 6.22. The van der Waals surface area contributed by atoms with Crippen molar-refractivity contribution in [2.45, 2.75) is 19.4 Å². The van der Waals surface area contributed by atoms with Gasteiger partial charge in [-0.25, -0.2) is 4.39 Å². The number of rotatable bonds is 5. The maximum absolute atomic E-state index is 13.6. The molecule has 0 saturated heterocycles. The third-order valence-electron chi connectivity index (χ3n) is 3.24. The maximum atomic E-state index is 13.6. The van der Waals surface area contributed by atoms with Gasteiger partial charge in [0, 0.05) is 30.1 Å². The Labute approximate surface area is 121 Å². The van der Waals surface area contributed by atoms with Crippen LogP contribution in [0.3, 0.4) is 0 Å². The van der Waals surface area contributed by atoms with E-state index in [0.717, 1.165) is 12.8 Å². The fourth-order valence-corrected chi connectivity index (χ4v) is 2.02. The number of nitrogens with zero attached hydrogens (tertiary/aromatic N) is 1. The summed E-state index contributed by atoms with van der Waals surface area (Å²) >= 11 is 5.91. The van der Waals surface area contributed by atoms with Gasteiger partial charge in [0.25, 0.3) is 0 Å². The summed E-state index contributed by atoms with van der Waals surface area (Å²) in [6, 6.07) is 4.39.